The molecule has 5 aliphatic heterocycles. The highest BCUT2D eigenvalue weighted by Crippen LogP contribution is 2.57. The van der Waals surface area contributed by atoms with Crippen LogP contribution < -0.4 is 5.73 Å². The van der Waals surface area contributed by atoms with Crippen LogP contribution in [-0.2, 0) is 12.8 Å². The third-order valence-electron chi connectivity index (χ3n) is 11.9. The average Bonchev–Trinajstić information content (AvgIpc) is 3.10. The zero-order valence-electron chi connectivity index (χ0n) is 28.9. The van der Waals surface area contributed by atoms with Crippen molar-refractivity contribution in [1.82, 2.24) is 14.8 Å². The van der Waals surface area contributed by atoms with Gasteiger partial charge in [0.15, 0.2) is 0 Å². The number of benzene rings is 1. The molecule has 1 spiro atoms. The Kier molecular flexibility index (Phi) is 10.8. The van der Waals surface area contributed by atoms with E-state index in [1.165, 1.54) is 43.6 Å². The highest BCUT2D eigenvalue weighted by Gasteiger charge is 2.58. The van der Waals surface area contributed by atoms with E-state index in [4.69, 9.17) is 10.7 Å². The summed E-state index contributed by atoms with van der Waals surface area (Å²) >= 11 is 0. The van der Waals surface area contributed by atoms with E-state index in [-0.39, 0.29) is 11.2 Å². The predicted molar refractivity (Wildman–Crippen MR) is 201 cm³/mol. The maximum atomic E-state index is 10.8. The average molecular weight is 645 g/mol. The maximum Gasteiger partial charge on any atom is 0.141 e. The first-order chi connectivity index (χ1) is 23.7. The lowest BCUT2D eigenvalue weighted by molar-refractivity contribution is -0.109. The Balaban J connectivity index is 1.24. The molecule has 6 bridgehead atoms. The predicted octanol–water partition coefficient (Wildman–Crippen LogP) is 8.31. The van der Waals surface area contributed by atoms with Crippen LogP contribution in [0.25, 0.3) is 17.0 Å². The maximum absolute atomic E-state index is 10.8. The summed E-state index contributed by atoms with van der Waals surface area (Å²) in [5, 5.41) is 11.8. The Morgan fingerprint density at radius 3 is 2.54 bits per heavy atom. The Hall–Kier alpha value is -3.25. The first-order valence-corrected chi connectivity index (χ1v) is 18.9. The van der Waals surface area contributed by atoms with Crippen LogP contribution in [0.3, 0.4) is 0 Å². The summed E-state index contributed by atoms with van der Waals surface area (Å²) in [4.78, 5) is 10.9. The fraction of sp³-hybridized carbons (Fsp3) is 0.512. The number of rotatable bonds is 2. The summed E-state index contributed by atoms with van der Waals surface area (Å²) in [5.41, 5.74) is 12.5. The second-order valence-electron chi connectivity index (χ2n) is 14.9. The number of aromatic hydroxyl groups is 1. The number of phenolic OH excluding ortho intramolecular Hbond substituents is 1. The Morgan fingerprint density at radius 2 is 1.71 bits per heavy atom. The first kappa shape index (κ1) is 33.3. The van der Waals surface area contributed by atoms with Crippen molar-refractivity contribution in [3.8, 4) is 5.75 Å². The Bertz CT molecular complexity index is 1610. The van der Waals surface area contributed by atoms with E-state index in [0.717, 1.165) is 99.8 Å². The summed E-state index contributed by atoms with van der Waals surface area (Å²) in [7, 11) is 0. The topological polar surface area (TPSA) is 65.6 Å². The van der Waals surface area contributed by atoms with Crippen molar-refractivity contribution in [3.05, 3.63) is 101 Å². The van der Waals surface area contributed by atoms with Gasteiger partial charge in [-0.15, -0.1) is 0 Å². The number of piperidine rings is 2. The molecule has 6 unspecified atom stereocenters. The van der Waals surface area contributed by atoms with Crippen molar-refractivity contribution in [2.24, 2.45) is 23.0 Å². The normalized spacial score (nSPS) is 31.2. The molecule has 6 aliphatic rings. The number of pyridine rings is 1. The highest BCUT2D eigenvalue weighted by molar-refractivity contribution is 5.90. The van der Waals surface area contributed by atoms with Crippen LogP contribution in [0.2, 0.25) is 0 Å². The molecule has 0 saturated carbocycles. The number of nitrogens with two attached hydrogens (primary N) is 1. The lowest BCUT2D eigenvalue weighted by Gasteiger charge is -2.64. The monoisotopic (exact) mass is 644 g/mol. The van der Waals surface area contributed by atoms with Crippen LogP contribution in [0.1, 0.15) is 81.0 Å². The molecule has 5 nitrogen and oxygen atoms in total. The Morgan fingerprint density at radius 1 is 0.896 bits per heavy atom. The summed E-state index contributed by atoms with van der Waals surface area (Å²) < 4.78 is 0. The molecule has 8 rings (SSSR count). The zero-order chi connectivity index (χ0) is 32.8. The van der Waals surface area contributed by atoms with Gasteiger partial charge in [0.25, 0.3) is 0 Å². The smallest absolute Gasteiger partial charge is 0.141 e. The number of allylic oxidation sites excluding steroid dienone is 8. The fourth-order valence-electron chi connectivity index (χ4n) is 9.93. The number of nitrogens with zero attached hydrogens (tertiary/aromatic N) is 3. The van der Waals surface area contributed by atoms with Gasteiger partial charge < -0.3 is 15.7 Å². The van der Waals surface area contributed by atoms with E-state index in [1.54, 1.807) is 11.6 Å². The standard InChI is InChI=1S/C43H56N4O/c44-26-23-35-36-19-12-14-25-43-32-46-27-15-10-8-6-4-2-1-3-5-7-9-11-18-33-30-34(38(43)24-29-46)31-47(42(33)43)28-16-13-21-39(36)45-41-37(35)20-17-22-40(41)48/h2-5,8-12,17,19-20,22,30,34,38,42,48H,1,6-7,13-16,18,21,23-29,31-32,44H2. The number of fused-ring (bicyclic) bond motifs is 3. The van der Waals surface area contributed by atoms with Gasteiger partial charge in [0, 0.05) is 42.2 Å². The van der Waals surface area contributed by atoms with Gasteiger partial charge in [-0.1, -0.05) is 84.5 Å². The minimum Gasteiger partial charge on any atom is -0.506 e. The summed E-state index contributed by atoms with van der Waals surface area (Å²) in [6.45, 7) is 6.54. The van der Waals surface area contributed by atoms with E-state index >= 15 is 0 Å². The van der Waals surface area contributed by atoms with E-state index in [1.807, 2.05) is 6.07 Å². The molecule has 5 heteroatoms. The van der Waals surface area contributed by atoms with Gasteiger partial charge in [0.1, 0.15) is 11.3 Å². The van der Waals surface area contributed by atoms with Gasteiger partial charge in [0.05, 0.1) is 0 Å². The van der Waals surface area contributed by atoms with Crippen LogP contribution in [0.4, 0.5) is 0 Å². The molecule has 1 aliphatic carbocycles. The van der Waals surface area contributed by atoms with E-state index in [9.17, 15) is 5.11 Å². The molecule has 1 aromatic carbocycles. The number of aryl methyl sites for hydroxylation is 1. The van der Waals surface area contributed by atoms with Crippen molar-refractivity contribution in [2.75, 3.05) is 39.3 Å². The van der Waals surface area contributed by atoms with Crippen LogP contribution in [0, 0.1) is 17.3 Å². The minimum absolute atomic E-state index is 0.267. The molecular weight excluding hydrogens is 589 g/mol. The number of phenols is 1. The highest BCUT2D eigenvalue weighted by atomic mass is 16.3. The molecule has 6 atom stereocenters. The second kappa shape index (κ2) is 15.5. The van der Waals surface area contributed by atoms with Crippen molar-refractivity contribution >= 4 is 17.0 Å². The van der Waals surface area contributed by atoms with Crippen molar-refractivity contribution in [2.45, 2.75) is 83.1 Å². The van der Waals surface area contributed by atoms with Gasteiger partial charge in [-0.3, -0.25) is 4.90 Å². The fourth-order valence-corrected chi connectivity index (χ4v) is 9.93. The van der Waals surface area contributed by atoms with Crippen LogP contribution >= 0.6 is 0 Å². The van der Waals surface area contributed by atoms with Gasteiger partial charge in [0.2, 0.25) is 0 Å². The molecule has 3 N–H and O–H groups in total. The largest absolute Gasteiger partial charge is 0.506 e. The van der Waals surface area contributed by atoms with Crippen molar-refractivity contribution < 1.29 is 5.11 Å². The molecule has 2 fully saturated rings. The lowest BCUT2D eigenvalue weighted by atomic mass is 9.52. The number of hydrogen-bond acceptors (Lipinski definition) is 5. The first-order valence-electron chi connectivity index (χ1n) is 18.9. The molecule has 48 heavy (non-hydrogen) atoms. The van der Waals surface area contributed by atoms with Crippen LogP contribution in [0.15, 0.2) is 84.5 Å². The van der Waals surface area contributed by atoms with E-state index in [2.05, 4.69) is 82.7 Å². The van der Waals surface area contributed by atoms with Crippen LogP contribution in [-0.4, -0.2) is 65.2 Å². The molecular formula is C43H56N4O. The third kappa shape index (κ3) is 6.92. The van der Waals surface area contributed by atoms with Crippen molar-refractivity contribution in [1.29, 1.82) is 0 Å². The minimum atomic E-state index is 0.267. The SMILES string of the molecule is NCCc1c2c(nc3c(O)cccc13)CCCCN1CC3C=C4CC=CCC=CCC=CCC=CCCN5CCC3C(CCC=C2)(C5)C41. The third-order valence-corrected chi connectivity index (χ3v) is 11.9. The van der Waals surface area contributed by atoms with Gasteiger partial charge in [-0.25, -0.2) is 4.98 Å². The van der Waals surface area contributed by atoms with E-state index < -0.39 is 0 Å². The zero-order valence-corrected chi connectivity index (χ0v) is 28.9. The van der Waals surface area contributed by atoms with Gasteiger partial charge in [-0.05, 0) is 126 Å². The summed E-state index contributed by atoms with van der Waals surface area (Å²) in [5.74, 6) is 1.67. The van der Waals surface area contributed by atoms with Gasteiger partial charge in [-0.2, -0.15) is 0 Å². The van der Waals surface area contributed by atoms with Gasteiger partial charge >= 0.3 is 0 Å². The molecule has 2 saturated heterocycles. The molecule has 0 radical (unpaired) electrons. The number of aromatic nitrogens is 1. The molecule has 2 aromatic rings. The lowest BCUT2D eigenvalue weighted by Crippen LogP contribution is -2.68. The molecule has 0 amide bonds. The molecule has 6 heterocycles. The van der Waals surface area contributed by atoms with Crippen molar-refractivity contribution in [3.63, 3.8) is 0 Å². The summed E-state index contributed by atoms with van der Waals surface area (Å²) in [6, 6.07) is 6.32. The van der Waals surface area contributed by atoms with E-state index in [0.29, 0.717) is 18.5 Å². The Labute approximate surface area is 288 Å². The molecule has 254 valence electrons. The summed E-state index contributed by atoms with van der Waals surface area (Å²) in [6.07, 6.45) is 39.2. The second-order valence-corrected chi connectivity index (χ2v) is 14.9. The molecule has 1 aromatic heterocycles. The number of hydrogen-bond donors (Lipinski definition) is 2. The quantitative estimate of drug-likeness (QED) is 0.322. The number of para-hydroxylation sites is 1. The van der Waals surface area contributed by atoms with Crippen LogP contribution in [0.5, 0.6) is 5.75 Å².